The highest BCUT2D eigenvalue weighted by molar-refractivity contribution is 5.96. The molecule has 1 aliphatic rings. The van der Waals surface area contributed by atoms with Gasteiger partial charge in [-0.1, -0.05) is 18.2 Å². The molecule has 0 aromatic heterocycles. The minimum Gasteiger partial charge on any atom is -0.494 e. The summed E-state index contributed by atoms with van der Waals surface area (Å²) in [4.78, 5) is 25.9. The van der Waals surface area contributed by atoms with Crippen molar-refractivity contribution >= 4 is 23.3 Å². The Balaban J connectivity index is 1.49. The highest BCUT2D eigenvalue weighted by atomic mass is 16.5. The third-order valence-electron chi connectivity index (χ3n) is 4.84. The average molecular weight is 381 g/mol. The molecule has 0 spiro atoms. The van der Waals surface area contributed by atoms with E-state index in [0.717, 1.165) is 23.4 Å². The fraction of sp³-hybridized carbons (Fsp3) is 0.364. The van der Waals surface area contributed by atoms with Gasteiger partial charge >= 0.3 is 6.03 Å². The van der Waals surface area contributed by atoms with Gasteiger partial charge in [0.15, 0.2) is 0 Å². The van der Waals surface area contributed by atoms with Gasteiger partial charge in [0.1, 0.15) is 5.75 Å². The van der Waals surface area contributed by atoms with Crippen molar-refractivity contribution in [2.24, 2.45) is 0 Å². The fourth-order valence-corrected chi connectivity index (χ4v) is 3.42. The number of benzene rings is 2. The number of ether oxygens (including phenoxy) is 1. The van der Waals surface area contributed by atoms with E-state index < -0.39 is 0 Å². The Kier molecular flexibility index (Phi) is 6.53. The van der Waals surface area contributed by atoms with Crippen molar-refractivity contribution in [3.63, 3.8) is 0 Å². The maximum Gasteiger partial charge on any atom is 0.319 e. The van der Waals surface area contributed by atoms with Gasteiger partial charge in [0.25, 0.3) is 0 Å². The Labute approximate surface area is 165 Å². The summed E-state index contributed by atoms with van der Waals surface area (Å²) in [5, 5.41) is 5.69. The molecule has 2 aromatic rings. The number of rotatable bonds is 7. The maximum atomic E-state index is 12.1. The number of amides is 3. The normalized spacial score (nSPS) is 16.1. The lowest BCUT2D eigenvalue weighted by Crippen LogP contribution is -2.31. The largest absolute Gasteiger partial charge is 0.494 e. The van der Waals surface area contributed by atoms with Crippen LogP contribution in [0, 0.1) is 0 Å². The van der Waals surface area contributed by atoms with Crippen LogP contribution >= 0.6 is 0 Å². The number of carbonyl (C=O) groups excluding carboxylic acids is 2. The number of nitrogens with zero attached hydrogens (tertiary/aromatic N) is 1. The van der Waals surface area contributed by atoms with Crippen LogP contribution in [0.1, 0.15) is 32.3 Å². The first kappa shape index (κ1) is 19.7. The lowest BCUT2D eigenvalue weighted by Gasteiger charge is -2.22. The Morgan fingerprint density at radius 3 is 2.61 bits per heavy atom. The molecule has 0 saturated carbocycles. The van der Waals surface area contributed by atoms with Crippen molar-refractivity contribution in [1.82, 2.24) is 5.32 Å². The molecule has 0 aliphatic carbocycles. The van der Waals surface area contributed by atoms with Crippen LogP contribution in [0.5, 0.6) is 5.75 Å². The monoisotopic (exact) mass is 381 g/mol. The maximum absolute atomic E-state index is 12.1. The first-order valence-electron chi connectivity index (χ1n) is 9.76. The molecule has 0 radical (unpaired) electrons. The standard InChI is InChI=1S/C22H27N3O3/c1-3-28-20-7-5-4-6-17(20)14-15-23-22(27)24-18-9-11-19(12-10-18)25-16(2)8-13-21(25)26/h4-7,9-12,16H,3,8,13-15H2,1-2H3,(H2,23,24,27). The van der Waals surface area contributed by atoms with E-state index in [9.17, 15) is 9.59 Å². The molecular weight excluding hydrogens is 354 g/mol. The van der Waals surface area contributed by atoms with Gasteiger partial charge in [-0.3, -0.25) is 4.79 Å². The molecule has 3 amide bonds. The van der Waals surface area contributed by atoms with Crippen molar-refractivity contribution in [3.05, 3.63) is 54.1 Å². The van der Waals surface area contributed by atoms with Gasteiger partial charge < -0.3 is 20.3 Å². The van der Waals surface area contributed by atoms with Crippen LogP contribution in [0.25, 0.3) is 0 Å². The molecule has 2 aromatic carbocycles. The summed E-state index contributed by atoms with van der Waals surface area (Å²) >= 11 is 0. The summed E-state index contributed by atoms with van der Waals surface area (Å²) in [7, 11) is 0. The summed E-state index contributed by atoms with van der Waals surface area (Å²) in [6, 6.07) is 15.2. The lowest BCUT2D eigenvalue weighted by molar-refractivity contribution is -0.117. The minimum atomic E-state index is -0.257. The van der Waals surface area contributed by atoms with Crippen LogP contribution < -0.4 is 20.3 Å². The van der Waals surface area contributed by atoms with Crippen molar-refractivity contribution in [1.29, 1.82) is 0 Å². The zero-order valence-electron chi connectivity index (χ0n) is 16.4. The third kappa shape index (κ3) is 4.82. The molecule has 1 atom stereocenters. The first-order valence-corrected chi connectivity index (χ1v) is 9.76. The first-order chi connectivity index (χ1) is 13.6. The van der Waals surface area contributed by atoms with E-state index in [1.807, 2.05) is 67.3 Å². The quantitative estimate of drug-likeness (QED) is 0.762. The Hall–Kier alpha value is -3.02. The second kappa shape index (κ2) is 9.26. The Bertz CT molecular complexity index is 820. The third-order valence-corrected chi connectivity index (χ3v) is 4.84. The van der Waals surface area contributed by atoms with E-state index in [1.165, 1.54) is 0 Å². The SMILES string of the molecule is CCOc1ccccc1CCNC(=O)Nc1ccc(N2C(=O)CCC2C)cc1. The predicted molar refractivity (Wildman–Crippen MR) is 111 cm³/mol. The summed E-state index contributed by atoms with van der Waals surface area (Å²) in [6.07, 6.45) is 2.17. The van der Waals surface area contributed by atoms with Crippen LogP contribution in [-0.2, 0) is 11.2 Å². The number of urea groups is 1. The molecule has 1 unspecified atom stereocenters. The molecule has 28 heavy (non-hydrogen) atoms. The summed E-state index contributed by atoms with van der Waals surface area (Å²) in [5.74, 6) is 1.01. The molecular formula is C22H27N3O3. The molecule has 1 fully saturated rings. The van der Waals surface area contributed by atoms with Crippen molar-refractivity contribution in [2.75, 3.05) is 23.4 Å². The van der Waals surface area contributed by atoms with Gasteiger partial charge in [-0.15, -0.1) is 0 Å². The van der Waals surface area contributed by atoms with Gasteiger partial charge in [0.2, 0.25) is 5.91 Å². The molecule has 6 heteroatoms. The van der Waals surface area contributed by atoms with Crippen LogP contribution in [0.15, 0.2) is 48.5 Å². The lowest BCUT2D eigenvalue weighted by atomic mass is 10.1. The van der Waals surface area contributed by atoms with Crippen molar-refractivity contribution in [2.45, 2.75) is 39.2 Å². The average Bonchev–Trinajstić information content (AvgIpc) is 3.02. The summed E-state index contributed by atoms with van der Waals surface area (Å²) in [5.41, 5.74) is 2.63. The van der Waals surface area contributed by atoms with Crippen LogP contribution in [0.2, 0.25) is 0 Å². The number of nitrogens with one attached hydrogen (secondary N) is 2. The zero-order chi connectivity index (χ0) is 19.9. The molecule has 1 saturated heterocycles. The summed E-state index contributed by atoms with van der Waals surface area (Å²) < 4.78 is 5.60. The summed E-state index contributed by atoms with van der Waals surface area (Å²) in [6.45, 7) is 5.12. The number of hydrogen-bond donors (Lipinski definition) is 2. The second-order valence-electron chi connectivity index (χ2n) is 6.87. The van der Waals surface area contributed by atoms with E-state index >= 15 is 0 Å². The van der Waals surface area contributed by atoms with Crippen molar-refractivity contribution < 1.29 is 14.3 Å². The van der Waals surface area contributed by atoms with Gasteiger partial charge in [0.05, 0.1) is 6.61 Å². The van der Waals surface area contributed by atoms with Crippen molar-refractivity contribution in [3.8, 4) is 5.75 Å². The smallest absolute Gasteiger partial charge is 0.319 e. The van der Waals surface area contributed by atoms with E-state index in [2.05, 4.69) is 10.6 Å². The molecule has 3 rings (SSSR count). The zero-order valence-corrected chi connectivity index (χ0v) is 16.4. The molecule has 6 nitrogen and oxygen atoms in total. The van der Waals surface area contributed by atoms with E-state index in [0.29, 0.717) is 31.7 Å². The topological polar surface area (TPSA) is 70.7 Å². The number of para-hydroxylation sites is 1. The van der Waals surface area contributed by atoms with Gasteiger partial charge in [-0.05, 0) is 62.6 Å². The molecule has 148 valence electrons. The molecule has 1 heterocycles. The van der Waals surface area contributed by atoms with E-state index in [-0.39, 0.29) is 18.0 Å². The van der Waals surface area contributed by atoms with E-state index in [1.54, 1.807) is 0 Å². The van der Waals surface area contributed by atoms with Crippen LogP contribution in [-0.4, -0.2) is 31.1 Å². The number of anilines is 2. The highest BCUT2D eigenvalue weighted by Crippen LogP contribution is 2.27. The number of carbonyl (C=O) groups is 2. The Morgan fingerprint density at radius 1 is 1.18 bits per heavy atom. The predicted octanol–water partition coefficient (Wildman–Crippen LogP) is 3.96. The highest BCUT2D eigenvalue weighted by Gasteiger charge is 2.28. The van der Waals surface area contributed by atoms with Gasteiger partial charge in [0, 0.05) is 30.4 Å². The minimum absolute atomic E-state index is 0.151. The molecule has 2 N–H and O–H groups in total. The van der Waals surface area contributed by atoms with Crippen LogP contribution in [0.3, 0.4) is 0 Å². The molecule has 0 bridgehead atoms. The van der Waals surface area contributed by atoms with Gasteiger partial charge in [-0.25, -0.2) is 4.79 Å². The molecule has 1 aliphatic heterocycles. The van der Waals surface area contributed by atoms with E-state index in [4.69, 9.17) is 4.74 Å². The van der Waals surface area contributed by atoms with Gasteiger partial charge in [-0.2, -0.15) is 0 Å². The Morgan fingerprint density at radius 2 is 1.93 bits per heavy atom. The number of hydrogen-bond acceptors (Lipinski definition) is 3. The second-order valence-corrected chi connectivity index (χ2v) is 6.87. The van der Waals surface area contributed by atoms with Crippen LogP contribution in [0.4, 0.5) is 16.2 Å². The fourth-order valence-electron chi connectivity index (χ4n) is 3.42.